The van der Waals surface area contributed by atoms with Gasteiger partial charge in [0.25, 0.3) is 0 Å². The molecule has 2 aromatic carbocycles. The summed E-state index contributed by atoms with van der Waals surface area (Å²) in [4.78, 5) is 17.5. The van der Waals surface area contributed by atoms with Crippen molar-refractivity contribution in [3.05, 3.63) is 65.7 Å². The molecule has 148 valence electrons. The molecule has 0 aliphatic carbocycles. The minimum atomic E-state index is -0.545. The summed E-state index contributed by atoms with van der Waals surface area (Å²) >= 11 is 0. The molecule has 1 saturated heterocycles. The Kier molecular flexibility index (Phi) is 5.38. The fourth-order valence-electron chi connectivity index (χ4n) is 4.24. The highest BCUT2D eigenvalue weighted by atomic mass is 16.5. The molecule has 1 unspecified atom stereocenters. The van der Waals surface area contributed by atoms with Crippen LogP contribution in [0.2, 0.25) is 0 Å². The molecule has 5 nitrogen and oxygen atoms in total. The van der Waals surface area contributed by atoms with Gasteiger partial charge in [-0.15, -0.1) is 0 Å². The van der Waals surface area contributed by atoms with Crippen molar-refractivity contribution in [2.24, 2.45) is 5.73 Å². The van der Waals surface area contributed by atoms with Crippen molar-refractivity contribution in [3.63, 3.8) is 0 Å². The normalized spacial score (nSPS) is 20.1. The number of benzene rings is 2. The fraction of sp³-hybridized carbons (Fsp3) is 0.435. The third-order valence-corrected chi connectivity index (χ3v) is 5.96. The Morgan fingerprint density at radius 1 is 1.11 bits per heavy atom. The molecule has 5 heteroatoms. The number of para-hydroxylation sites is 1. The van der Waals surface area contributed by atoms with Crippen molar-refractivity contribution in [2.75, 3.05) is 26.7 Å². The van der Waals surface area contributed by atoms with Gasteiger partial charge in [-0.05, 0) is 25.1 Å². The average molecular weight is 380 g/mol. The number of fused-ring (bicyclic) bond motifs is 1. The summed E-state index contributed by atoms with van der Waals surface area (Å²) in [6, 6.07) is 17.5. The van der Waals surface area contributed by atoms with Gasteiger partial charge in [-0.2, -0.15) is 0 Å². The first-order chi connectivity index (χ1) is 13.5. The van der Waals surface area contributed by atoms with Crippen LogP contribution in [0.4, 0.5) is 0 Å². The lowest BCUT2D eigenvalue weighted by Gasteiger charge is -2.42. The summed E-state index contributed by atoms with van der Waals surface area (Å²) in [5.41, 5.74) is 8.16. The second-order valence-electron chi connectivity index (χ2n) is 8.19. The highest BCUT2D eigenvalue weighted by Gasteiger charge is 2.41. The first-order valence-corrected chi connectivity index (χ1v) is 10.1. The first kappa shape index (κ1) is 19.0. The molecule has 1 amide bonds. The van der Waals surface area contributed by atoms with Crippen LogP contribution in [0.25, 0.3) is 0 Å². The van der Waals surface area contributed by atoms with E-state index in [0.717, 1.165) is 42.8 Å². The number of carbonyl (C=O) groups excluding carboxylic acids is 1. The Balaban J connectivity index is 1.57. The van der Waals surface area contributed by atoms with Gasteiger partial charge >= 0.3 is 0 Å². The van der Waals surface area contributed by atoms with E-state index in [0.29, 0.717) is 19.5 Å². The van der Waals surface area contributed by atoms with Gasteiger partial charge in [-0.3, -0.25) is 4.79 Å². The molecular weight excluding hydrogens is 350 g/mol. The van der Waals surface area contributed by atoms with Gasteiger partial charge in [-0.1, -0.05) is 48.5 Å². The zero-order valence-corrected chi connectivity index (χ0v) is 16.5. The van der Waals surface area contributed by atoms with Crippen LogP contribution in [0.15, 0.2) is 54.6 Å². The summed E-state index contributed by atoms with van der Waals surface area (Å²) in [7, 11) is 2.14. The molecule has 1 atom stereocenters. The van der Waals surface area contributed by atoms with E-state index >= 15 is 0 Å². The molecule has 0 saturated carbocycles. The Labute approximate surface area is 167 Å². The number of rotatable bonds is 3. The minimum Gasteiger partial charge on any atom is -0.485 e. The van der Waals surface area contributed by atoms with E-state index in [1.54, 1.807) is 0 Å². The van der Waals surface area contributed by atoms with E-state index in [1.165, 1.54) is 0 Å². The number of ether oxygens (including phenoxy) is 1. The third kappa shape index (κ3) is 4.05. The van der Waals surface area contributed by atoms with E-state index in [-0.39, 0.29) is 11.5 Å². The average Bonchev–Trinajstić information content (AvgIpc) is 2.87. The highest BCUT2D eigenvalue weighted by molar-refractivity contribution is 5.82. The summed E-state index contributed by atoms with van der Waals surface area (Å²) in [6.07, 6.45) is 2.37. The number of nitrogens with zero attached hydrogens (tertiary/aromatic N) is 2. The molecule has 2 heterocycles. The smallest absolute Gasteiger partial charge is 0.240 e. The monoisotopic (exact) mass is 379 g/mol. The Morgan fingerprint density at radius 2 is 1.79 bits per heavy atom. The lowest BCUT2D eigenvalue weighted by Crippen LogP contribution is -2.55. The van der Waals surface area contributed by atoms with E-state index in [9.17, 15) is 4.79 Å². The standard InChI is InChI=1S/C23H29N3O2/c1-25-13-11-23(12-14-25)17-26(16-19-9-5-6-10-21(19)28-23)22(27)20(24)15-18-7-3-2-4-8-18/h2-10,20H,11-17,24H2,1H3. The Hall–Kier alpha value is -2.37. The zero-order valence-electron chi connectivity index (χ0n) is 16.5. The van der Waals surface area contributed by atoms with Crippen LogP contribution in [-0.4, -0.2) is 54.0 Å². The molecule has 0 bridgehead atoms. The summed E-state index contributed by atoms with van der Waals surface area (Å²) in [5, 5.41) is 0. The van der Waals surface area contributed by atoms with Gasteiger partial charge in [0.15, 0.2) is 0 Å². The topological polar surface area (TPSA) is 58.8 Å². The highest BCUT2D eigenvalue weighted by Crippen LogP contribution is 2.35. The van der Waals surface area contributed by atoms with Gasteiger partial charge in [0.1, 0.15) is 11.4 Å². The maximum Gasteiger partial charge on any atom is 0.240 e. The number of piperidine rings is 1. The predicted molar refractivity (Wildman–Crippen MR) is 110 cm³/mol. The second-order valence-corrected chi connectivity index (χ2v) is 8.19. The SMILES string of the molecule is CN1CCC2(CC1)CN(C(=O)C(N)Cc1ccccc1)Cc1ccccc1O2. The third-order valence-electron chi connectivity index (χ3n) is 5.96. The first-order valence-electron chi connectivity index (χ1n) is 10.1. The van der Waals surface area contributed by atoms with E-state index in [1.807, 2.05) is 59.5 Å². The zero-order chi connectivity index (χ0) is 19.6. The van der Waals surface area contributed by atoms with Crippen molar-refractivity contribution in [2.45, 2.75) is 37.5 Å². The van der Waals surface area contributed by atoms with Crippen LogP contribution in [0.3, 0.4) is 0 Å². The Morgan fingerprint density at radius 3 is 2.54 bits per heavy atom. The van der Waals surface area contributed by atoms with Crippen LogP contribution >= 0.6 is 0 Å². The van der Waals surface area contributed by atoms with Crippen molar-refractivity contribution in [1.29, 1.82) is 0 Å². The number of hydrogen-bond donors (Lipinski definition) is 1. The molecule has 4 rings (SSSR count). The molecule has 2 N–H and O–H groups in total. The number of carbonyl (C=O) groups is 1. The molecule has 2 aliphatic heterocycles. The molecule has 1 fully saturated rings. The van der Waals surface area contributed by atoms with Crippen molar-refractivity contribution in [1.82, 2.24) is 9.80 Å². The quantitative estimate of drug-likeness (QED) is 0.890. The maximum absolute atomic E-state index is 13.3. The van der Waals surface area contributed by atoms with Gasteiger partial charge in [0.05, 0.1) is 12.6 Å². The van der Waals surface area contributed by atoms with Crippen molar-refractivity contribution >= 4 is 5.91 Å². The van der Waals surface area contributed by atoms with E-state index in [4.69, 9.17) is 10.5 Å². The molecule has 28 heavy (non-hydrogen) atoms. The molecule has 1 spiro atoms. The van der Waals surface area contributed by atoms with Crippen molar-refractivity contribution < 1.29 is 9.53 Å². The van der Waals surface area contributed by atoms with Crippen LogP contribution in [0.5, 0.6) is 5.75 Å². The van der Waals surface area contributed by atoms with E-state index in [2.05, 4.69) is 11.9 Å². The minimum absolute atomic E-state index is 0.00228. The molecule has 0 radical (unpaired) electrons. The van der Waals surface area contributed by atoms with Crippen LogP contribution in [0, 0.1) is 0 Å². The summed E-state index contributed by atoms with van der Waals surface area (Å²) in [6.45, 7) is 3.09. The van der Waals surface area contributed by atoms with E-state index < -0.39 is 6.04 Å². The lowest BCUT2D eigenvalue weighted by atomic mass is 9.90. The fourth-order valence-corrected chi connectivity index (χ4v) is 4.24. The number of likely N-dealkylation sites (tertiary alicyclic amines) is 1. The number of amides is 1. The van der Waals surface area contributed by atoms with Crippen LogP contribution in [0.1, 0.15) is 24.0 Å². The number of nitrogens with two attached hydrogens (primary N) is 1. The Bertz CT molecular complexity index is 816. The van der Waals surface area contributed by atoms with Gasteiger partial charge in [0, 0.05) is 38.0 Å². The molecular formula is C23H29N3O2. The van der Waals surface area contributed by atoms with Crippen molar-refractivity contribution in [3.8, 4) is 5.75 Å². The lowest BCUT2D eigenvalue weighted by molar-refractivity contribution is -0.136. The summed E-state index contributed by atoms with van der Waals surface area (Å²) < 4.78 is 6.55. The molecule has 0 aromatic heterocycles. The molecule has 2 aromatic rings. The maximum atomic E-state index is 13.3. The largest absolute Gasteiger partial charge is 0.485 e. The second kappa shape index (κ2) is 7.94. The predicted octanol–water partition coefficient (Wildman–Crippen LogP) is 2.44. The van der Waals surface area contributed by atoms with Gasteiger partial charge < -0.3 is 20.3 Å². The summed E-state index contributed by atoms with van der Waals surface area (Å²) in [5.74, 6) is 0.904. The van der Waals surface area contributed by atoms with Crippen LogP contribution < -0.4 is 10.5 Å². The van der Waals surface area contributed by atoms with Gasteiger partial charge in [-0.25, -0.2) is 0 Å². The van der Waals surface area contributed by atoms with Crippen LogP contribution in [-0.2, 0) is 17.8 Å². The van der Waals surface area contributed by atoms with Gasteiger partial charge in [0.2, 0.25) is 5.91 Å². The molecule has 2 aliphatic rings. The number of hydrogen-bond acceptors (Lipinski definition) is 4.